The molecule has 3 rings (SSSR count). The Balaban J connectivity index is 1.53. The van der Waals surface area contributed by atoms with E-state index in [1.165, 1.54) is 0 Å². The minimum atomic E-state index is -0.912. The number of rotatable bonds is 8. The predicted octanol–water partition coefficient (Wildman–Crippen LogP) is 2.13. The summed E-state index contributed by atoms with van der Waals surface area (Å²) in [6.45, 7) is 0.250. The Morgan fingerprint density at radius 3 is 2.78 bits per heavy atom. The molecule has 1 atom stereocenters. The molecule has 1 aromatic heterocycles. The largest absolute Gasteiger partial charge is 0.481 e. The summed E-state index contributed by atoms with van der Waals surface area (Å²) in [5.41, 5.74) is 0.959. The van der Waals surface area contributed by atoms with E-state index >= 15 is 0 Å². The molecular formula is C18H21ClN4O4. The van der Waals surface area contributed by atoms with Crippen molar-refractivity contribution in [2.24, 2.45) is 0 Å². The van der Waals surface area contributed by atoms with Gasteiger partial charge in [-0.25, -0.2) is 4.98 Å². The Hall–Kier alpha value is -2.61. The summed E-state index contributed by atoms with van der Waals surface area (Å²) >= 11 is 5.94. The van der Waals surface area contributed by atoms with Gasteiger partial charge in [0.05, 0.1) is 17.6 Å². The van der Waals surface area contributed by atoms with E-state index in [0.717, 1.165) is 11.0 Å². The molecule has 27 heavy (non-hydrogen) atoms. The van der Waals surface area contributed by atoms with E-state index in [9.17, 15) is 14.4 Å². The number of fused-ring (bicyclic) bond motifs is 1. The number of nitrogens with zero attached hydrogens (tertiary/aromatic N) is 1. The van der Waals surface area contributed by atoms with E-state index in [1.807, 2.05) is 0 Å². The quantitative estimate of drug-likeness (QED) is 0.547. The number of carboxylic acid groups (broad SMARTS) is 1. The summed E-state index contributed by atoms with van der Waals surface area (Å²) in [5, 5.41) is 15.2. The second kappa shape index (κ2) is 7.96. The first-order valence-electron chi connectivity index (χ1n) is 8.79. The molecule has 4 N–H and O–H groups in total. The molecule has 0 spiro atoms. The van der Waals surface area contributed by atoms with Crippen LogP contribution in [-0.4, -0.2) is 38.4 Å². The number of H-pyrrole nitrogens is 1. The van der Waals surface area contributed by atoms with Crippen LogP contribution in [0, 0.1) is 0 Å². The van der Waals surface area contributed by atoms with E-state index in [0.29, 0.717) is 36.5 Å². The number of imidazole rings is 1. The van der Waals surface area contributed by atoms with Crippen molar-refractivity contribution in [3.05, 3.63) is 29.0 Å². The molecule has 1 unspecified atom stereocenters. The number of aromatic amines is 1. The van der Waals surface area contributed by atoms with Crippen molar-refractivity contribution in [2.75, 3.05) is 0 Å². The summed E-state index contributed by atoms with van der Waals surface area (Å²) in [6, 6.07) is 5.32. The lowest BCUT2D eigenvalue weighted by Crippen LogP contribution is -2.43. The number of carboxylic acids is 1. The van der Waals surface area contributed by atoms with Crippen LogP contribution in [0.5, 0.6) is 0 Å². The number of carbonyl (C=O) groups excluding carboxylic acids is 2. The van der Waals surface area contributed by atoms with Crippen LogP contribution < -0.4 is 10.6 Å². The SMILES string of the molecule is O=C(O)CCC1(CCC(=O)NCc2nc3ccc(Cl)cc3[nH]2)CCC(=O)N1. The number of carbonyl (C=O) groups is 3. The minimum absolute atomic E-state index is 0.0383. The van der Waals surface area contributed by atoms with Gasteiger partial charge in [-0.1, -0.05) is 11.6 Å². The van der Waals surface area contributed by atoms with Gasteiger partial charge in [-0.15, -0.1) is 0 Å². The van der Waals surface area contributed by atoms with Gasteiger partial charge < -0.3 is 20.7 Å². The topological polar surface area (TPSA) is 124 Å². The third-order valence-corrected chi connectivity index (χ3v) is 5.06. The molecule has 1 saturated heterocycles. The molecule has 1 aromatic carbocycles. The molecule has 2 aromatic rings. The maximum absolute atomic E-state index is 12.2. The molecule has 0 radical (unpaired) electrons. The molecule has 144 valence electrons. The third kappa shape index (κ3) is 4.97. The van der Waals surface area contributed by atoms with Gasteiger partial charge in [0, 0.05) is 29.8 Å². The van der Waals surface area contributed by atoms with Crippen LogP contribution in [0.4, 0.5) is 0 Å². The zero-order valence-corrected chi connectivity index (χ0v) is 15.4. The molecule has 0 saturated carbocycles. The predicted molar refractivity (Wildman–Crippen MR) is 99.2 cm³/mol. The van der Waals surface area contributed by atoms with Crippen molar-refractivity contribution >= 4 is 40.4 Å². The number of nitrogens with one attached hydrogen (secondary N) is 3. The van der Waals surface area contributed by atoms with E-state index in [1.54, 1.807) is 18.2 Å². The lowest BCUT2D eigenvalue weighted by molar-refractivity contribution is -0.137. The van der Waals surface area contributed by atoms with E-state index in [2.05, 4.69) is 20.6 Å². The highest BCUT2D eigenvalue weighted by Crippen LogP contribution is 2.30. The van der Waals surface area contributed by atoms with Gasteiger partial charge in [0.15, 0.2) is 0 Å². The standard InChI is InChI=1S/C18H21ClN4O4/c19-11-1-2-12-13(9-11)22-14(21-12)10-20-15(24)3-6-18(8-5-17(26)27)7-4-16(25)23-18/h1-2,9H,3-8,10H2,(H,20,24)(H,21,22)(H,23,25)(H,26,27). The van der Waals surface area contributed by atoms with Crippen LogP contribution in [0.15, 0.2) is 18.2 Å². The fourth-order valence-electron chi connectivity index (χ4n) is 3.36. The van der Waals surface area contributed by atoms with Crippen molar-refractivity contribution in [3.63, 3.8) is 0 Å². The second-order valence-corrected chi connectivity index (χ2v) is 7.28. The third-order valence-electron chi connectivity index (χ3n) is 4.83. The van der Waals surface area contributed by atoms with Crippen molar-refractivity contribution in [3.8, 4) is 0 Å². The average Bonchev–Trinajstić information content (AvgIpc) is 3.19. The second-order valence-electron chi connectivity index (χ2n) is 6.84. The molecule has 2 heterocycles. The van der Waals surface area contributed by atoms with E-state index in [4.69, 9.17) is 16.7 Å². The van der Waals surface area contributed by atoms with Crippen molar-refractivity contribution in [1.82, 2.24) is 20.6 Å². The number of aliphatic carboxylic acids is 1. The van der Waals surface area contributed by atoms with Gasteiger partial charge in [-0.3, -0.25) is 14.4 Å². The Labute approximate surface area is 160 Å². The normalized spacial score (nSPS) is 19.2. The van der Waals surface area contributed by atoms with Crippen LogP contribution in [0.25, 0.3) is 11.0 Å². The van der Waals surface area contributed by atoms with Crippen molar-refractivity contribution in [1.29, 1.82) is 0 Å². The van der Waals surface area contributed by atoms with Gasteiger partial charge in [-0.05, 0) is 37.5 Å². The summed E-state index contributed by atoms with van der Waals surface area (Å²) < 4.78 is 0. The molecule has 0 aliphatic carbocycles. The maximum Gasteiger partial charge on any atom is 0.303 e. The Morgan fingerprint density at radius 1 is 1.30 bits per heavy atom. The number of hydrogen-bond donors (Lipinski definition) is 4. The fraction of sp³-hybridized carbons (Fsp3) is 0.444. The lowest BCUT2D eigenvalue weighted by atomic mass is 9.86. The van der Waals surface area contributed by atoms with Gasteiger partial charge >= 0.3 is 5.97 Å². The molecule has 8 nitrogen and oxygen atoms in total. The first kappa shape index (κ1) is 19.2. The smallest absolute Gasteiger partial charge is 0.303 e. The zero-order chi connectivity index (χ0) is 19.4. The average molecular weight is 393 g/mol. The Morgan fingerprint density at radius 2 is 2.07 bits per heavy atom. The summed E-state index contributed by atoms with van der Waals surface area (Å²) in [4.78, 5) is 42.1. The van der Waals surface area contributed by atoms with Crippen molar-refractivity contribution in [2.45, 2.75) is 50.6 Å². The molecule has 1 aliphatic heterocycles. The highest BCUT2D eigenvalue weighted by atomic mass is 35.5. The van der Waals surface area contributed by atoms with Gasteiger partial charge in [-0.2, -0.15) is 0 Å². The van der Waals surface area contributed by atoms with Gasteiger partial charge in [0.2, 0.25) is 11.8 Å². The van der Waals surface area contributed by atoms with Crippen LogP contribution in [0.1, 0.15) is 44.3 Å². The number of hydrogen-bond acceptors (Lipinski definition) is 4. The lowest BCUT2D eigenvalue weighted by Gasteiger charge is -2.28. The van der Waals surface area contributed by atoms with Crippen LogP contribution >= 0.6 is 11.6 Å². The van der Waals surface area contributed by atoms with Crippen LogP contribution in [0.3, 0.4) is 0 Å². The first-order valence-corrected chi connectivity index (χ1v) is 9.17. The van der Waals surface area contributed by atoms with Crippen LogP contribution in [0.2, 0.25) is 5.02 Å². The summed E-state index contributed by atoms with van der Waals surface area (Å²) in [7, 11) is 0. The summed E-state index contributed by atoms with van der Waals surface area (Å²) in [6.07, 6.45) is 1.81. The highest BCUT2D eigenvalue weighted by molar-refractivity contribution is 6.31. The summed E-state index contributed by atoms with van der Waals surface area (Å²) in [5.74, 6) is -0.564. The molecule has 9 heteroatoms. The molecule has 0 bridgehead atoms. The van der Waals surface area contributed by atoms with E-state index in [-0.39, 0.29) is 31.2 Å². The fourth-order valence-corrected chi connectivity index (χ4v) is 3.53. The molecular weight excluding hydrogens is 372 g/mol. The molecule has 1 fully saturated rings. The Kier molecular flexibility index (Phi) is 5.65. The van der Waals surface area contributed by atoms with Crippen molar-refractivity contribution < 1.29 is 19.5 Å². The number of amides is 2. The van der Waals surface area contributed by atoms with Gasteiger partial charge in [0.25, 0.3) is 0 Å². The molecule has 2 amide bonds. The Bertz CT molecular complexity index is 881. The molecule has 1 aliphatic rings. The maximum atomic E-state index is 12.2. The number of halogens is 1. The van der Waals surface area contributed by atoms with Gasteiger partial charge in [0.1, 0.15) is 5.82 Å². The zero-order valence-electron chi connectivity index (χ0n) is 14.7. The number of aromatic nitrogens is 2. The van der Waals surface area contributed by atoms with Crippen LogP contribution in [-0.2, 0) is 20.9 Å². The van der Waals surface area contributed by atoms with E-state index < -0.39 is 11.5 Å². The highest BCUT2D eigenvalue weighted by Gasteiger charge is 2.37. The number of benzene rings is 1. The monoisotopic (exact) mass is 392 g/mol. The minimum Gasteiger partial charge on any atom is -0.481 e. The first-order chi connectivity index (χ1) is 12.8.